The molecule has 1 heterocycles. The minimum Gasteiger partial charge on any atom is -0.466 e. The zero-order valence-corrected chi connectivity index (χ0v) is 9.34. The van der Waals surface area contributed by atoms with Crippen molar-refractivity contribution in [3.05, 3.63) is 35.2 Å². The van der Waals surface area contributed by atoms with Crippen molar-refractivity contribution in [3.8, 4) is 0 Å². The first kappa shape index (κ1) is 10.8. The van der Waals surface area contributed by atoms with E-state index in [-0.39, 0.29) is 5.91 Å². The Morgan fingerprint density at radius 1 is 1.44 bits per heavy atom. The normalized spacial score (nSPS) is 16.6. The lowest BCUT2D eigenvalue weighted by Gasteiger charge is -2.17. The molecule has 0 bridgehead atoms. The maximum absolute atomic E-state index is 11.6. The van der Waals surface area contributed by atoms with E-state index in [1.807, 2.05) is 24.3 Å². The minimum absolute atomic E-state index is 0.283. The molecule has 0 fully saturated rings. The van der Waals surface area contributed by atoms with Crippen molar-refractivity contribution in [1.29, 1.82) is 0 Å². The molecular formula is C11H9NO3S. The molecule has 2 rings (SSSR count). The van der Waals surface area contributed by atoms with E-state index < -0.39 is 5.97 Å². The Labute approximate surface area is 96.7 Å². The number of carbonyl (C=O) groups excluding carboxylic acids is 2. The smallest absolute Gasteiger partial charge is 0.331 e. The molecule has 1 aliphatic heterocycles. The Morgan fingerprint density at radius 2 is 2.19 bits per heavy atom. The molecule has 0 saturated carbocycles. The van der Waals surface area contributed by atoms with Gasteiger partial charge in [0.25, 0.3) is 5.91 Å². The van der Waals surface area contributed by atoms with Gasteiger partial charge in [-0.05, 0) is 12.1 Å². The van der Waals surface area contributed by atoms with Crippen LogP contribution in [0.3, 0.4) is 0 Å². The highest BCUT2D eigenvalue weighted by Crippen LogP contribution is 2.37. The Kier molecular flexibility index (Phi) is 2.96. The standard InChI is InChI=1S/C11H9NO3S/c1-15-10(13)6-9-11(14)12-7-4-2-3-5-8(7)16-9/h2-6H,1H3,(H,12,14)/b9-6-. The summed E-state index contributed by atoms with van der Waals surface area (Å²) in [6, 6.07) is 7.41. The topological polar surface area (TPSA) is 55.4 Å². The number of fused-ring (bicyclic) bond motifs is 1. The number of methoxy groups -OCH3 is 1. The first-order chi connectivity index (χ1) is 7.70. The zero-order chi connectivity index (χ0) is 11.5. The van der Waals surface area contributed by atoms with Gasteiger partial charge in [-0.2, -0.15) is 0 Å². The molecule has 16 heavy (non-hydrogen) atoms. The monoisotopic (exact) mass is 235 g/mol. The predicted octanol–water partition coefficient (Wildman–Crippen LogP) is 1.79. The summed E-state index contributed by atoms with van der Waals surface area (Å²) in [5, 5.41) is 2.70. The molecular weight excluding hydrogens is 226 g/mol. The highest BCUT2D eigenvalue weighted by Gasteiger charge is 2.21. The van der Waals surface area contributed by atoms with Gasteiger partial charge in [0.1, 0.15) is 0 Å². The second-order valence-corrected chi connectivity index (χ2v) is 4.17. The molecule has 1 aromatic carbocycles. The molecule has 5 heteroatoms. The molecule has 82 valence electrons. The maximum atomic E-state index is 11.6. The van der Waals surface area contributed by atoms with Crippen LogP contribution in [0.15, 0.2) is 40.1 Å². The van der Waals surface area contributed by atoms with Crippen molar-refractivity contribution in [1.82, 2.24) is 0 Å². The zero-order valence-electron chi connectivity index (χ0n) is 8.52. The van der Waals surface area contributed by atoms with Gasteiger partial charge >= 0.3 is 5.97 Å². The number of nitrogens with one attached hydrogen (secondary N) is 1. The molecule has 0 aromatic heterocycles. The molecule has 4 nitrogen and oxygen atoms in total. The van der Waals surface area contributed by atoms with E-state index in [4.69, 9.17) is 0 Å². The first-order valence-electron chi connectivity index (χ1n) is 4.58. The SMILES string of the molecule is COC(=O)/C=C1\Sc2ccccc2NC1=O. The molecule has 0 spiro atoms. The third kappa shape index (κ3) is 2.09. The van der Waals surface area contributed by atoms with Crippen molar-refractivity contribution in [2.75, 3.05) is 12.4 Å². The van der Waals surface area contributed by atoms with Gasteiger partial charge in [0, 0.05) is 11.0 Å². The van der Waals surface area contributed by atoms with Gasteiger partial charge in [-0.3, -0.25) is 4.79 Å². The summed E-state index contributed by atoms with van der Waals surface area (Å²) in [5.74, 6) is -0.814. The number of hydrogen-bond acceptors (Lipinski definition) is 4. The molecule has 1 aromatic rings. The quantitative estimate of drug-likeness (QED) is 0.595. The molecule has 1 aliphatic rings. The lowest BCUT2D eigenvalue weighted by atomic mass is 10.3. The van der Waals surface area contributed by atoms with E-state index in [1.54, 1.807) is 0 Å². The van der Waals surface area contributed by atoms with E-state index in [9.17, 15) is 9.59 Å². The van der Waals surface area contributed by atoms with E-state index >= 15 is 0 Å². The van der Waals surface area contributed by atoms with Crippen LogP contribution in [-0.2, 0) is 14.3 Å². The van der Waals surface area contributed by atoms with Crippen LogP contribution in [0.4, 0.5) is 5.69 Å². The molecule has 0 saturated heterocycles. The van der Waals surface area contributed by atoms with Gasteiger partial charge in [-0.1, -0.05) is 23.9 Å². The second-order valence-electron chi connectivity index (χ2n) is 3.08. The number of para-hydroxylation sites is 1. The molecule has 0 atom stereocenters. The van der Waals surface area contributed by atoms with Crippen LogP contribution in [-0.4, -0.2) is 19.0 Å². The summed E-state index contributed by atoms with van der Waals surface area (Å²) in [4.78, 5) is 23.9. The highest BCUT2D eigenvalue weighted by molar-refractivity contribution is 8.04. The van der Waals surface area contributed by atoms with Crippen LogP contribution >= 0.6 is 11.8 Å². The van der Waals surface area contributed by atoms with Crippen molar-refractivity contribution in [2.24, 2.45) is 0 Å². The largest absolute Gasteiger partial charge is 0.466 e. The fourth-order valence-electron chi connectivity index (χ4n) is 1.27. The average molecular weight is 235 g/mol. The highest BCUT2D eigenvalue weighted by atomic mass is 32.2. The fourth-order valence-corrected chi connectivity index (χ4v) is 2.18. The summed E-state index contributed by atoms with van der Waals surface area (Å²) in [5.41, 5.74) is 0.763. The van der Waals surface area contributed by atoms with E-state index in [1.165, 1.54) is 24.9 Å². The van der Waals surface area contributed by atoms with Crippen molar-refractivity contribution in [2.45, 2.75) is 4.90 Å². The molecule has 0 radical (unpaired) electrons. The summed E-state index contributed by atoms with van der Waals surface area (Å²) < 4.78 is 4.48. The van der Waals surface area contributed by atoms with Gasteiger partial charge in [-0.15, -0.1) is 0 Å². The number of rotatable bonds is 1. The average Bonchev–Trinajstić information content (AvgIpc) is 2.30. The number of esters is 1. The molecule has 0 aliphatic carbocycles. The Bertz CT molecular complexity index is 482. The summed E-state index contributed by atoms with van der Waals surface area (Å²) >= 11 is 1.26. The van der Waals surface area contributed by atoms with Gasteiger partial charge in [0.2, 0.25) is 0 Å². The summed E-state index contributed by atoms with van der Waals surface area (Å²) in [7, 11) is 1.28. The third-order valence-electron chi connectivity index (χ3n) is 2.03. The lowest BCUT2D eigenvalue weighted by molar-refractivity contribution is -0.135. The Morgan fingerprint density at radius 3 is 2.94 bits per heavy atom. The van der Waals surface area contributed by atoms with E-state index in [0.717, 1.165) is 10.6 Å². The first-order valence-corrected chi connectivity index (χ1v) is 5.40. The summed E-state index contributed by atoms with van der Waals surface area (Å²) in [6.07, 6.45) is 1.19. The van der Waals surface area contributed by atoms with E-state index in [2.05, 4.69) is 10.1 Å². The predicted molar refractivity (Wildman–Crippen MR) is 61.0 cm³/mol. The second kappa shape index (κ2) is 4.40. The van der Waals surface area contributed by atoms with Crippen LogP contribution < -0.4 is 5.32 Å². The third-order valence-corrected chi connectivity index (χ3v) is 3.13. The minimum atomic E-state index is -0.531. The molecule has 0 unspecified atom stereocenters. The van der Waals surface area contributed by atoms with Gasteiger partial charge in [0.15, 0.2) is 0 Å². The maximum Gasteiger partial charge on any atom is 0.331 e. The number of ether oxygens (including phenoxy) is 1. The van der Waals surface area contributed by atoms with Crippen LogP contribution in [0, 0.1) is 0 Å². The number of carbonyl (C=O) groups is 2. The summed E-state index contributed by atoms with van der Waals surface area (Å²) in [6.45, 7) is 0. The van der Waals surface area contributed by atoms with Crippen molar-refractivity contribution < 1.29 is 14.3 Å². The van der Waals surface area contributed by atoms with Gasteiger partial charge < -0.3 is 10.1 Å². The lowest BCUT2D eigenvalue weighted by Crippen LogP contribution is -2.18. The number of hydrogen-bond donors (Lipinski definition) is 1. The van der Waals surface area contributed by atoms with E-state index in [0.29, 0.717) is 4.91 Å². The van der Waals surface area contributed by atoms with Crippen LogP contribution in [0.25, 0.3) is 0 Å². The number of benzene rings is 1. The van der Waals surface area contributed by atoms with Gasteiger partial charge in [0.05, 0.1) is 17.7 Å². The fraction of sp³-hybridized carbons (Fsp3) is 0.0909. The molecule has 1 amide bonds. The van der Waals surface area contributed by atoms with Crippen molar-refractivity contribution >= 4 is 29.3 Å². The van der Waals surface area contributed by atoms with Gasteiger partial charge in [-0.25, -0.2) is 4.79 Å². The van der Waals surface area contributed by atoms with Crippen LogP contribution in [0.2, 0.25) is 0 Å². The number of anilines is 1. The van der Waals surface area contributed by atoms with Crippen LogP contribution in [0.5, 0.6) is 0 Å². The van der Waals surface area contributed by atoms with Crippen LogP contribution in [0.1, 0.15) is 0 Å². The molecule has 1 N–H and O–H groups in total. The van der Waals surface area contributed by atoms with Crippen molar-refractivity contribution in [3.63, 3.8) is 0 Å². The Balaban J connectivity index is 2.31. The Hall–Kier alpha value is -1.75. The number of amides is 1. The number of thioether (sulfide) groups is 1.